The molecule has 0 aliphatic carbocycles. The zero-order valence-corrected chi connectivity index (χ0v) is 7.64. The SMILES string of the molecule is C[CH]c1ccccc1OCC(F)(F)F. The number of halogens is 3. The summed E-state index contributed by atoms with van der Waals surface area (Å²) in [6.07, 6.45) is -2.59. The second-order valence-corrected chi connectivity index (χ2v) is 2.73. The van der Waals surface area contributed by atoms with Gasteiger partial charge in [-0.05, 0) is 18.1 Å². The van der Waals surface area contributed by atoms with Crippen molar-refractivity contribution in [3.63, 3.8) is 0 Å². The third kappa shape index (κ3) is 3.28. The first-order valence-electron chi connectivity index (χ1n) is 4.11. The lowest BCUT2D eigenvalue weighted by Gasteiger charge is -2.11. The molecule has 14 heavy (non-hydrogen) atoms. The van der Waals surface area contributed by atoms with Crippen LogP contribution in [0.5, 0.6) is 5.75 Å². The number of para-hydroxylation sites is 1. The van der Waals surface area contributed by atoms with E-state index in [9.17, 15) is 13.2 Å². The number of rotatable bonds is 3. The maximum atomic E-state index is 11.8. The molecule has 0 saturated heterocycles. The predicted molar refractivity (Wildman–Crippen MR) is 47.1 cm³/mol. The number of benzene rings is 1. The van der Waals surface area contributed by atoms with Gasteiger partial charge in [0.05, 0.1) is 0 Å². The van der Waals surface area contributed by atoms with Crippen molar-refractivity contribution < 1.29 is 17.9 Å². The first-order chi connectivity index (χ1) is 6.53. The molecule has 1 radical (unpaired) electrons. The Morgan fingerprint density at radius 2 is 1.93 bits per heavy atom. The van der Waals surface area contributed by atoms with Gasteiger partial charge in [-0.25, -0.2) is 0 Å². The highest BCUT2D eigenvalue weighted by molar-refractivity contribution is 5.37. The smallest absolute Gasteiger partial charge is 0.422 e. The van der Waals surface area contributed by atoms with E-state index in [-0.39, 0.29) is 5.75 Å². The molecule has 0 heterocycles. The molecule has 0 N–H and O–H groups in total. The Bertz CT molecular complexity index is 294. The van der Waals surface area contributed by atoms with E-state index in [1.165, 1.54) is 6.07 Å². The Kier molecular flexibility index (Phi) is 3.38. The summed E-state index contributed by atoms with van der Waals surface area (Å²) in [6, 6.07) is 6.60. The summed E-state index contributed by atoms with van der Waals surface area (Å²) in [5.74, 6) is 0.257. The second kappa shape index (κ2) is 4.35. The van der Waals surface area contributed by atoms with Crippen LogP contribution in [0.15, 0.2) is 24.3 Å². The van der Waals surface area contributed by atoms with Crippen molar-refractivity contribution in [1.29, 1.82) is 0 Å². The summed E-state index contributed by atoms with van der Waals surface area (Å²) in [5, 5.41) is 0. The molecule has 1 nitrogen and oxygen atoms in total. The number of hydrogen-bond donors (Lipinski definition) is 0. The van der Waals surface area contributed by atoms with Crippen LogP contribution in [-0.2, 0) is 0 Å². The first kappa shape index (κ1) is 10.9. The second-order valence-electron chi connectivity index (χ2n) is 2.73. The van der Waals surface area contributed by atoms with Gasteiger partial charge < -0.3 is 4.74 Å². The van der Waals surface area contributed by atoms with Crippen molar-refractivity contribution in [1.82, 2.24) is 0 Å². The Labute approximate surface area is 80.5 Å². The normalized spacial score (nSPS) is 11.4. The van der Waals surface area contributed by atoms with Crippen LogP contribution in [0.1, 0.15) is 12.5 Å². The molecular formula is C10H10F3O. The molecule has 1 aromatic rings. The standard InChI is InChI=1S/C10H10F3O/c1-2-8-5-3-4-6-9(8)14-7-10(11,12)13/h2-6H,7H2,1H3. The molecule has 77 valence electrons. The van der Waals surface area contributed by atoms with Crippen LogP contribution in [0.3, 0.4) is 0 Å². The van der Waals surface area contributed by atoms with E-state index in [2.05, 4.69) is 4.74 Å². The van der Waals surface area contributed by atoms with Crippen molar-refractivity contribution in [2.75, 3.05) is 6.61 Å². The van der Waals surface area contributed by atoms with E-state index in [1.807, 2.05) is 0 Å². The van der Waals surface area contributed by atoms with E-state index in [1.54, 1.807) is 31.5 Å². The average Bonchev–Trinajstić information content (AvgIpc) is 2.14. The zero-order chi connectivity index (χ0) is 10.6. The van der Waals surface area contributed by atoms with Crippen molar-refractivity contribution in [3.05, 3.63) is 36.2 Å². The molecule has 4 heteroatoms. The number of hydrogen-bond acceptors (Lipinski definition) is 1. The third-order valence-electron chi connectivity index (χ3n) is 1.62. The Morgan fingerprint density at radius 1 is 1.29 bits per heavy atom. The topological polar surface area (TPSA) is 9.23 Å². The fourth-order valence-electron chi connectivity index (χ4n) is 1.01. The molecule has 0 aliphatic rings. The lowest BCUT2D eigenvalue weighted by atomic mass is 10.1. The molecule has 0 spiro atoms. The van der Waals surface area contributed by atoms with Gasteiger partial charge in [0.1, 0.15) is 5.75 Å². The predicted octanol–water partition coefficient (Wildman–Crippen LogP) is 3.20. The van der Waals surface area contributed by atoms with Crippen LogP contribution in [-0.4, -0.2) is 12.8 Å². The van der Waals surface area contributed by atoms with Gasteiger partial charge in [0.15, 0.2) is 6.61 Å². The highest BCUT2D eigenvalue weighted by atomic mass is 19.4. The minimum Gasteiger partial charge on any atom is -0.484 e. The highest BCUT2D eigenvalue weighted by Gasteiger charge is 2.28. The molecule has 0 aromatic heterocycles. The van der Waals surface area contributed by atoms with Gasteiger partial charge in [0.2, 0.25) is 0 Å². The van der Waals surface area contributed by atoms with Crippen molar-refractivity contribution in [2.24, 2.45) is 0 Å². The van der Waals surface area contributed by atoms with E-state index in [4.69, 9.17) is 0 Å². The quantitative estimate of drug-likeness (QED) is 0.733. The Hall–Kier alpha value is -1.19. The van der Waals surface area contributed by atoms with E-state index in [0.717, 1.165) is 0 Å². The van der Waals surface area contributed by atoms with Gasteiger partial charge in [0.25, 0.3) is 0 Å². The maximum Gasteiger partial charge on any atom is 0.422 e. The van der Waals surface area contributed by atoms with Gasteiger partial charge in [0, 0.05) is 0 Å². The number of alkyl halides is 3. The van der Waals surface area contributed by atoms with E-state index < -0.39 is 12.8 Å². The van der Waals surface area contributed by atoms with Gasteiger partial charge in [-0.3, -0.25) is 0 Å². The van der Waals surface area contributed by atoms with Crippen LogP contribution in [0, 0.1) is 6.42 Å². The molecule has 0 amide bonds. The van der Waals surface area contributed by atoms with Gasteiger partial charge in [-0.15, -0.1) is 0 Å². The summed E-state index contributed by atoms with van der Waals surface area (Å²) in [6.45, 7) is 0.494. The van der Waals surface area contributed by atoms with Crippen molar-refractivity contribution in [3.8, 4) is 5.75 Å². The lowest BCUT2D eigenvalue weighted by Crippen LogP contribution is -2.19. The van der Waals surface area contributed by atoms with Crippen LogP contribution >= 0.6 is 0 Å². The molecule has 0 bridgehead atoms. The summed E-state index contributed by atoms with van der Waals surface area (Å²) in [4.78, 5) is 0. The van der Waals surface area contributed by atoms with E-state index in [0.29, 0.717) is 5.56 Å². The van der Waals surface area contributed by atoms with Crippen LogP contribution in [0.4, 0.5) is 13.2 Å². The summed E-state index contributed by atoms with van der Waals surface area (Å²) < 4.78 is 40.2. The van der Waals surface area contributed by atoms with Crippen molar-refractivity contribution in [2.45, 2.75) is 13.1 Å². The van der Waals surface area contributed by atoms with Crippen molar-refractivity contribution >= 4 is 0 Å². The zero-order valence-electron chi connectivity index (χ0n) is 7.64. The molecule has 0 fully saturated rings. The van der Waals surface area contributed by atoms with Crippen LogP contribution in [0.2, 0.25) is 0 Å². The lowest BCUT2D eigenvalue weighted by molar-refractivity contribution is -0.153. The van der Waals surface area contributed by atoms with Gasteiger partial charge >= 0.3 is 6.18 Å². The van der Waals surface area contributed by atoms with E-state index >= 15 is 0 Å². The molecule has 0 unspecified atom stereocenters. The number of ether oxygens (including phenoxy) is 1. The fourth-order valence-corrected chi connectivity index (χ4v) is 1.01. The fraction of sp³-hybridized carbons (Fsp3) is 0.300. The molecule has 1 rings (SSSR count). The Balaban J connectivity index is 2.67. The minimum atomic E-state index is -4.29. The first-order valence-corrected chi connectivity index (χ1v) is 4.11. The van der Waals surface area contributed by atoms with Crippen LogP contribution < -0.4 is 4.74 Å². The minimum absolute atomic E-state index is 0.257. The molecule has 0 aliphatic heterocycles. The highest BCUT2D eigenvalue weighted by Crippen LogP contribution is 2.22. The third-order valence-corrected chi connectivity index (χ3v) is 1.62. The largest absolute Gasteiger partial charge is 0.484 e. The van der Waals surface area contributed by atoms with Gasteiger partial charge in [-0.2, -0.15) is 13.2 Å². The molecule has 0 saturated carbocycles. The molecule has 0 atom stereocenters. The summed E-state index contributed by atoms with van der Waals surface area (Å²) >= 11 is 0. The summed E-state index contributed by atoms with van der Waals surface area (Å²) in [7, 11) is 0. The Morgan fingerprint density at radius 3 is 2.50 bits per heavy atom. The maximum absolute atomic E-state index is 11.8. The molecule has 1 aromatic carbocycles. The average molecular weight is 203 g/mol. The monoisotopic (exact) mass is 203 g/mol. The summed E-state index contributed by atoms with van der Waals surface area (Å²) in [5.41, 5.74) is 0.664. The van der Waals surface area contributed by atoms with Gasteiger partial charge in [-0.1, -0.05) is 25.1 Å². The van der Waals surface area contributed by atoms with Crippen LogP contribution in [0.25, 0.3) is 0 Å². The molecular weight excluding hydrogens is 193 g/mol.